The molecule has 0 spiro atoms. The Bertz CT molecular complexity index is 1580. The maximum Gasteiger partial charge on any atom is 0.263 e. The molecule has 0 aliphatic rings. The second kappa shape index (κ2) is 8.39. The van der Waals surface area contributed by atoms with Crippen LogP contribution >= 0.6 is 0 Å². The van der Waals surface area contributed by atoms with Gasteiger partial charge in [-0.3, -0.25) is 14.6 Å². The zero-order valence-electron chi connectivity index (χ0n) is 18.4. The summed E-state index contributed by atoms with van der Waals surface area (Å²) in [5.74, 6) is -0.137. The van der Waals surface area contributed by atoms with Crippen molar-refractivity contribution in [2.45, 2.75) is 20.3 Å². The number of aromatic amines is 1. The number of carbonyl (C=O) groups is 1. The highest BCUT2D eigenvalue weighted by molar-refractivity contribution is 5.91. The van der Waals surface area contributed by atoms with Gasteiger partial charge in [0.05, 0.1) is 24.0 Å². The number of carbonyl (C=O) groups excluding carboxylic acids is 1. The third-order valence-corrected chi connectivity index (χ3v) is 5.24. The number of hydrogen-bond donors (Lipinski definition) is 2. The van der Waals surface area contributed by atoms with E-state index >= 15 is 0 Å². The minimum Gasteiger partial charge on any atom is -0.310 e. The van der Waals surface area contributed by atoms with Gasteiger partial charge in [0, 0.05) is 6.07 Å². The smallest absolute Gasteiger partial charge is 0.263 e. The standard InChI is InChI=1S/C24H20FN7O2/c1-14-4-3-5-16(10-14)12-21(33)27-20-11-15(2)30-32(20)24-28-22-19(23(34)29-24)13-26-31(22)18-8-6-17(25)7-9-18/h3-11,13H,12H2,1-2H3,(H,27,33)(H,28,29,34). The lowest BCUT2D eigenvalue weighted by Crippen LogP contribution is -2.20. The first-order valence-electron chi connectivity index (χ1n) is 10.5. The molecule has 0 atom stereocenters. The van der Waals surface area contributed by atoms with Crippen molar-refractivity contribution in [3.8, 4) is 11.6 Å². The van der Waals surface area contributed by atoms with Crippen LogP contribution in [0, 0.1) is 19.7 Å². The van der Waals surface area contributed by atoms with Crippen LogP contribution in [0.5, 0.6) is 0 Å². The van der Waals surface area contributed by atoms with Crippen LogP contribution in [-0.4, -0.2) is 35.4 Å². The summed E-state index contributed by atoms with van der Waals surface area (Å²) in [5.41, 5.74) is 2.98. The number of hydrogen-bond acceptors (Lipinski definition) is 5. The number of amides is 1. The minimum atomic E-state index is -0.418. The quantitative estimate of drug-likeness (QED) is 0.421. The van der Waals surface area contributed by atoms with Gasteiger partial charge in [-0.2, -0.15) is 19.9 Å². The Kier molecular flexibility index (Phi) is 5.25. The third kappa shape index (κ3) is 4.08. The van der Waals surface area contributed by atoms with E-state index < -0.39 is 5.56 Å². The average molecular weight is 457 g/mol. The molecule has 5 aromatic rings. The van der Waals surface area contributed by atoms with Crippen molar-refractivity contribution in [3.63, 3.8) is 0 Å². The van der Waals surface area contributed by atoms with Gasteiger partial charge in [-0.1, -0.05) is 29.8 Å². The van der Waals surface area contributed by atoms with Crippen molar-refractivity contribution in [2.75, 3.05) is 5.32 Å². The molecule has 1 amide bonds. The SMILES string of the molecule is Cc1cccc(CC(=O)Nc2cc(C)nn2-c2nc3c(cnn3-c3ccc(F)cc3)c(=O)[nH]2)c1. The van der Waals surface area contributed by atoms with Crippen LogP contribution in [-0.2, 0) is 11.2 Å². The Morgan fingerprint density at radius 2 is 1.88 bits per heavy atom. The van der Waals surface area contributed by atoms with Gasteiger partial charge in [0.15, 0.2) is 5.65 Å². The highest BCUT2D eigenvalue weighted by Crippen LogP contribution is 2.18. The van der Waals surface area contributed by atoms with Gasteiger partial charge in [-0.05, 0) is 43.7 Å². The number of nitrogens with zero attached hydrogens (tertiary/aromatic N) is 5. The first-order valence-corrected chi connectivity index (χ1v) is 10.5. The van der Waals surface area contributed by atoms with Crippen LogP contribution in [0.3, 0.4) is 0 Å². The van der Waals surface area contributed by atoms with Crippen LogP contribution in [0.15, 0.2) is 65.6 Å². The molecular weight excluding hydrogens is 437 g/mol. The van der Waals surface area contributed by atoms with E-state index in [1.54, 1.807) is 25.1 Å². The van der Waals surface area contributed by atoms with Crippen molar-refractivity contribution >= 4 is 22.8 Å². The van der Waals surface area contributed by atoms with Crippen LogP contribution in [0.1, 0.15) is 16.8 Å². The Labute approximate surface area is 192 Å². The molecule has 2 N–H and O–H groups in total. The largest absolute Gasteiger partial charge is 0.310 e. The lowest BCUT2D eigenvalue weighted by molar-refractivity contribution is -0.115. The molecule has 0 bridgehead atoms. The molecule has 170 valence electrons. The van der Waals surface area contributed by atoms with E-state index in [9.17, 15) is 14.0 Å². The lowest BCUT2D eigenvalue weighted by atomic mass is 10.1. The molecule has 5 rings (SSSR count). The molecule has 0 fully saturated rings. The monoisotopic (exact) mass is 457 g/mol. The van der Waals surface area contributed by atoms with Crippen molar-refractivity contribution in [1.82, 2.24) is 29.5 Å². The molecule has 0 saturated carbocycles. The normalized spacial score (nSPS) is 11.1. The van der Waals surface area contributed by atoms with Gasteiger partial charge in [0.1, 0.15) is 17.0 Å². The molecule has 0 aliphatic heterocycles. The van der Waals surface area contributed by atoms with Crippen LogP contribution in [0.25, 0.3) is 22.7 Å². The predicted octanol–water partition coefficient (Wildman–Crippen LogP) is 3.23. The molecule has 0 unspecified atom stereocenters. The van der Waals surface area contributed by atoms with E-state index in [4.69, 9.17) is 0 Å². The number of aryl methyl sites for hydroxylation is 2. The maximum absolute atomic E-state index is 13.4. The number of fused-ring (bicyclic) bond motifs is 1. The topological polar surface area (TPSA) is 110 Å². The second-order valence-electron chi connectivity index (χ2n) is 7.96. The number of anilines is 1. The van der Waals surface area contributed by atoms with Crippen molar-refractivity contribution in [2.24, 2.45) is 0 Å². The summed E-state index contributed by atoms with van der Waals surface area (Å²) in [4.78, 5) is 32.7. The predicted molar refractivity (Wildman–Crippen MR) is 125 cm³/mol. The molecule has 2 aromatic carbocycles. The Hall–Kier alpha value is -4.60. The van der Waals surface area contributed by atoms with Gasteiger partial charge in [-0.15, -0.1) is 0 Å². The Balaban J connectivity index is 1.51. The molecule has 10 heteroatoms. The van der Waals surface area contributed by atoms with E-state index in [-0.39, 0.29) is 35.1 Å². The fourth-order valence-corrected chi connectivity index (χ4v) is 3.72. The average Bonchev–Trinajstić information content (AvgIpc) is 3.38. The zero-order chi connectivity index (χ0) is 23.8. The van der Waals surface area contributed by atoms with E-state index in [2.05, 4.69) is 25.5 Å². The first kappa shape index (κ1) is 21.3. The van der Waals surface area contributed by atoms with Gasteiger partial charge in [0.25, 0.3) is 5.56 Å². The first-order chi connectivity index (χ1) is 16.4. The second-order valence-corrected chi connectivity index (χ2v) is 7.96. The Morgan fingerprint density at radius 1 is 1.09 bits per heavy atom. The van der Waals surface area contributed by atoms with Crippen molar-refractivity contribution in [3.05, 3.63) is 93.8 Å². The minimum absolute atomic E-state index is 0.111. The van der Waals surface area contributed by atoms with E-state index in [0.717, 1.165) is 11.1 Å². The Morgan fingerprint density at radius 3 is 2.65 bits per heavy atom. The third-order valence-electron chi connectivity index (χ3n) is 5.24. The van der Waals surface area contributed by atoms with Gasteiger partial charge < -0.3 is 5.32 Å². The molecule has 0 radical (unpaired) electrons. The molecule has 34 heavy (non-hydrogen) atoms. The number of nitrogens with one attached hydrogen (secondary N) is 2. The molecule has 3 aromatic heterocycles. The number of benzene rings is 2. The summed E-state index contributed by atoms with van der Waals surface area (Å²) >= 11 is 0. The van der Waals surface area contributed by atoms with Crippen LogP contribution < -0.4 is 10.9 Å². The van der Waals surface area contributed by atoms with Crippen molar-refractivity contribution in [1.29, 1.82) is 0 Å². The number of halogens is 1. The highest BCUT2D eigenvalue weighted by atomic mass is 19.1. The van der Waals surface area contributed by atoms with Crippen LogP contribution in [0.4, 0.5) is 10.2 Å². The van der Waals surface area contributed by atoms with E-state index in [1.807, 2.05) is 31.2 Å². The molecular formula is C24H20FN7O2. The lowest BCUT2D eigenvalue weighted by Gasteiger charge is -2.09. The fourth-order valence-electron chi connectivity index (χ4n) is 3.72. The van der Waals surface area contributed by atoms with E-state index in [0.29, 0.717) is 17.2 Å². The summed E-state index contributed by atoms with van der Waals surface area (Å²) in [6, 6.07) is 15.1. The molecule has 3 heterocycles. The summed E-state index contributed by atoms with van der Waals surface area (Å²) in [7, 11) is 0. The van der Waals surface area contributed by atoms with E-state index in [1.165, 1.54) is 27.7 Å². The fraction of sp³-hybridized carbons (Fsp3) is 0.125. The molecule has 0 aliphatic carbocycles. The molecule has 0 saturated heterocycles. The summed E-state index contributed by atoms with van der Waals surface area (Å²) in [6.45, 7) is 3.74. The number of H-pyrrole nitrogens is 1. The summed E-state index contributed by atoms with van der Waals surface area (Å²) < 4.78 is 16.2. The number of aromatic nitrogens is 6. The van der Waals surface area contributed by atoms with Gasteiger partial charge in [-0.25, -0.2) is 9.07 Å². The van der Waals surface area contributed by atoms with Gasteiger partial charge >= 0.3 is 0 Å². The highest BCUT2D eigenvalue weighted by Gasteiger charge is 2.17. The maximum atomic E-state index is 13.4. The summed E-state index contributed by atoms with van der Waals surface area (Å²) in [6.07, 6.45) is 1.58. The summed E-state index contributed by atoms with van der Waals surface area (Å²) in [5, 5.41) is 11.7. The van der Waals surface area contributed by atoms with Gasteiger partial charge in [0.2, 0.25) is 11.9 Å². The van der Waals surface area contributed by atoms with Crippen molar-refractivity contribution < 1.29 is 9.18 Å². The van der Waals surface area contributed by atoms with Crippen LogP contribution in [0.2, 0.25) is 0 Å². The molecule has 9 nitrogen and oxygen atoms in total. The zero-order valence-corrected chi connectivity index (χ0v) is 18.4. The number of rotatable bonds is 5.